The average molecular weight is 261 g/mol. The third kappa shape index (κ3) is 2.45. The van der Waals surface area contributed by atoms with Gasteiger partial charge in [-0.3, -0.25) is 4.79 Å². The van der Waals surface area contributed by atoms with Gasteiger partial charge in [-0.2, -0.15) is 0 Å². The fraction of sp³-hybridized carbons (Fsp3) is 0.533. The molecule has 2 aliphatic rings. The monoisotopic (exact) mass is 261 g/mol. The van der Waals surface area contributed by atoms with E-state index in [1.807, 2.05) is 4.90 Å². The SMILES string of the molecule is O=C(c1cccc(O)c1)N1CCOC2CCCCC21. The number of amides is 1. The third-order valence-corrected chi connectivity index (χ3v) is 4.09. The van der Waals surface area contributed by atoms with Crippen LogP contribution in [0, 0.1) is 0 Å². The van der Waals surface area contributed by atoms with Crippen molar-refractivity contribution >= 4 is 5.91 Å². The summed E-state index contributed by atoms with van der Waals surface area (Å²) in [7, 11) is 0. The molecule has 1 N–H and O–H groups in total. The Bertz CT molecular complexity index is 472. The van der Waals surface area contributed by atoms with Gasteiger partial charge in [0.25, 0.3) is 5.91 Å². The van der Waals surface area contributed by atoms with E-state index >= 15 is 0 Å². The van der Waals surface area contributed by atoms with Gasteiger partial charge in [0.15, 0.2) is 0 Å². The number of phenols is 1. The number of carbonyl (C=O) groups is 1. The maximum absolute atomic E-state index is 12.6. The molecule has 0 aromatic heterocycles. The largest absolute Gasteiger partial charge is 0.508 e. The first kappa shape index (κ1) is 12.5. The van der Waals surface area contributed by atoms with Gasteiger partial charge in [0.1, 0.15) is 5.75 Å². The van der Waals surface area contributed by atoms with E-state index in [1.165, 1.54) is 12.5 Å². The molecule has 2 fully saturated rings. The summed E-state index contributed by atoms with van der Waals surface area (Å²) in [5, 5.41) is 9.50. The molecular formula is C15H19NO3. The van der Waals surface area contributed by atoms with Crippen molar-refractivity contribution in [1.29, 1.82) is 0 Å². The number of benzene rings is 1. The van der Waals surface area contributed by atoms with Crippen LogP contribution < -0.4 is 0 Å². The molecule has 2 atom stereocenters. The number of ether oxygens (including phenoxy) is 1. The van der Waals surface area contributed by atoms with Crippen LogP contribution in [0.2, 0.25) is 0 Å². The summed E-state index contributed by atoms with van der Waals surface area (Å²) in [6.07, 6.45) is 4.62. The summed E-state index contributed by atoms with van der Waals surface area (Å²) in [5.74, 6) is 0.149. The number of fused-ring (bicyclic) bond motifs is 1. The van der Waals surface area contributed by atoms with E-state index in [4.69, 9.17) is 4.74 Å². The van der Waals surface area contributed by atoms with Gasteiger partial charge < -0.3 is 14.7 Å². The summed E-state index contributed by atoms with van der Waals surface area (Å²) in [6.45, 7) is 1.27. The van der Waals surface area contributed by atoms with Crippen molar-refractivity contribution in [2.45, 2.75) is 37.8 Å². The Labute approximate surface area is 113 Å². The number of hydrogen-bond donors (Lipinski definition) is 1. The van der Waals surface area contributed by atoms with Crippen molar-refractivity contribution in [3.63, 3.8) is 0 Å². The highest BCUT2D eigenvalue weighted by Crippen LogP contribution is 2.29. The summed E-state index contributed by atoms with van der Waals surface area (Å²) < 4.78 is 5.78. The summed E-state index contributed by atoms with van der Waals surface area (Å²) in [5.41, 5.74) is 0.561. The standard InChI is InChI=1S/C15H19NO3/c17-12-5-3-4-11(10-12)15(18)16-8-9-19-14-7-2-1-6-13(14)16/h3-5,10,13-14,17H,1-2,6-9H2. The molecule has 1 heterocycles. The zero-order chi connectivity index (χ0) is 13.2. The second kappa shape index (κ2) is 5.21. The van der Waals surface area contributed by atoms with Crippen molar-refractivity contribution in [3.8, 4) is 5.75 Å². The van der Waals surface area contributed by atoms with Crippen LogP contribution >= 0.6 is 0 Å². The molecule has 19 heavy (non-hydrogen) atoms. The van der Waals surface area contributed by atoms with Crippen LogP contribution in [0.3, 0.4) is 0 Å². The fourth-order valence-corrected chi connectivity index (χ4v) is 3.15. The summed E-state index contributed by atoms with van der Waals surface area (Å²) in [4.78, 5) is 14.5. The van der Waals surface area contributed by atoms with Crippen LogP contribution in [0.25, 0.3) is 0 Å². The maximum atomic E-state index is 12.6. The minimum Gasteiger partial charge on any atom is -0.508 e. The van der Waals surface area contributed by atoms with Crippen molar-refractivity contribution in [2.75, 3.05) is 13.2 Å². The minimum absolute atomic E-state index is 0.0103. The van der Waals surface area contributed by atoms with Crippen LogP contribution in [0.15, 0.2) is 24.3 Å². The highest BCUT2D eigenvalue weighted by Gasteiger charge is 2.36. The predicted molar refractivity (Wildman–Crippen MR) is 71.1 cm³/mol. The number of phenolic OH excluding ortho intramolecular Hbond substituents is 1. The lowest BCUT2D eigenvalue weighted by Crippen LogP contribution is -2.54. The van der Waals surface area contributed by atoms with Crippen molar-refractivity contribution in [2.24, 2.45) is 0 Å². The molecule has 1 aliphatic heterocycles. The Morgan fingerprint density at radius 1 is 1.32 bits per heavy atom. The lowest BCUT2D eigenvalue weighted by atomic mass is 9.89. The van der Waals surface area contributed by atoms with Crippen molar-refractivity contribution in [3.05, 3.63) is 29.8 Å². The molecule has 3 rings (SSSR count). The van der Waals surface area contributed by atoms with Gasteiger partial charge in [0.2, 0.25) is 0 Å². The van der Waals surface area contributed by atoms with E-state index in [0.717, 1.165) is 19.3 Å². The Kier molecular flexibility index (Phi) is 3.42. The van der Waals surface area contributed by atoms with E-state index in [9.17, 15) is 9.90 Å². The minimum atomic E-state index is 0.0103. The second-order valence-corrected chi connectivity index (χ2v) is 5.31. The molecular weight excluding hydrogens is 242 g/mol. The first-order chi connectivity index (χ1) is 9.25. The van der Waals surface area contributed by atoms with Gasteiger partial charge in [0.05, 0.1) is 18.8 Å². The zero-order valence-electron chi connectivity index (χ0n) is 10.9. The summed E-state index contributed by atoms with van der Waals surface area (Å²) in [6, 6.07) is 6.80. The molecule has 2 unspecified atom stereocenters. The van der Waals surface area contributed by atoms with Gasteiger partial charge >= 0.3 is 0 Å². The van der Waals surface area contributed by atoms with E-state index < -0.39 is 0 Å². The molecule has 0 spiro atoms. The Balaban J connectivity index is 1.82. The van der Waals surface area contributed by atoms with Crippen LogP contribution in [-0.2, 0) is 4.74 Å². The van der Waals surface area contributed by atoms with Crippen LogP contribution in [-0.4, -0.2) is 41.2 Å². The lowest BCUT2D eigenvalue weighted by molar-refractivity contribution is -0.0752. The van der Waals surface area contributed by atoms with Gasteiger partial charge in [-0.25, -0.2) is 0 Å². The molecule has 0 radical (unpaired) electrons. The Hall–Kier alpha value is -1.55. The first-order valence-corrected chi connectivity index (χ1v) is 6.97. The van der Waals surface area contributed by atoms with E-state index in [1.54, 1.807) is 18.2 Å². The van der Waals surface area contributed by atoms with E-state index in [0.29, 0.717) is 18.7 Å². The van der Waals surface area contributed by atoms with Crippen LogP contribution in [0.5, 0.6) is 5.75 Å². The van der Waals surface area contributed by atoms with Crippen molar-refractivity contribution in [1.82, 2.24) is 4.90 Å². The highest BCUT2D eigenvalue weighted by atomic mass is 16.5. The van der Waals surface area contributed by atoms with Gasteiger partial charge in [-0.15, -0.1) is 0 Å². The molecule has 1 amide bonds. The maximum Gasteiger partial charge on any atom is 0.254 e. The van der Waals surface area contributed by atoms with Gasteiger partial charge in [0, 0.05) is 12.1 Å². The number of carbonyl (C=O) groups excluding carboxylic acids is 1. The summed E-state index contributed by atoms with van der Waals surface area (Å²) >= 11 is 0. The Morgan fingerprint density at radius 2 is 2.16 bits per heavy atom. The molecule has 1 saturated heterocycles. The quantitative estimate of drug-likeness (QED) is 0.843. The number of aromatic hydroxyl groups is 1. The normalized spacial score (nSPS) is 26.8. The van der Waals surface area contributed by atoms with Crippen molar-refractivity contribution < 1.29 is 14.6 Å². The van der Waals surface area contributed by atoms with Crippen LogP contribution in [0.4, 0.5) is 0 Å². The van der Waals surface area contributed by atoms with E-state index in [2.05, 4.69) is 0 Å². The topological polar surface area (TPSA) is 49.8 Å². The van der Waals surface area contributed by atoms with Crippen LogP contribution in [0.1, 0.15) is 36.0 Å². The predicted octanol–water partition coefficient (Wildman–Crippen LogP) is 2.18. The molecule has 1 aliphatic carbocycles. The molecule has 1 aromatic rings. The second-order valence-electron chi connectivity index (χ2n) is 5.31. The number of morpholine rings is 1. The average Bonchev–Trinajstić information content (AvgIpc) is 2.46. The molecule has 102 valence electrons. The smallest absolute Gasteiger partial charge is 0.254 e. The highest BCUT2D eigenvalue weighted by molar-refractivity contribution is 5.94. The zero-order valence-corrected chi connectivity index (χ0v) is 10.9. The van der Waals surface area contributed by atoms with E-state index in [-0.39, 0.29) is 23.8 Å². The number of hydrogen-bond acceptors (Lipinski definition) is 3. The van der Waals surface area contributed by atoms with Gasteiger partial charge in [-0.1, -0.05) is 18.9 Å². The van der Waals surface area contributed by atoms with Gasteiger partial charge in [-0.05, 0) is 31.0 Å². The number of nitrogens with zero attached hydrogens (tertiary/aromatic N) is 1. The molecule has 0 bridgehead atoms. The molecule has 4 nitrogen and oxygen atoms in total. The molecule has 1 saturated carbocycles. The first-order valence-electron chi connectivity index (χ1n) is 6.97. The molecule has 4 heteroatoms. The third-order valence-electron chi connectivity index (χ3n) is 4.09. The lowest BCUT2D eigenvalue weighted by Gasteiger charge is -2.43. The fourth-order valence-electron chi connectivity index (χ4n) is 3.15. The molecule has 1 aromatic carbocycles. The Morgan fingerprint density at radius 3 is 3.00 bits per heavy atom. The number of rotatable bonds is 1.